The van der Waals surface area contributed by atoms with Crippen molar-refractivity contribution in [3.05, 3.63) is 29.8 Å². The molecule has 5 nitrogen and oxygen atoms in total. The molecule has 0 spiro atoms. The molecule has 0 bridgehead atoms. The molecule has 2 rings (SSSR count). The van der Waals surface area contributed by atoms with Gasteiger partial charge in [0.15, 0.2) is 0 Å². The third kappa shape index (κ3) is 3.12. The van der Waals surface area contributed by atoms with Gasteiger partial charge in [-0.05, 0) is 23.9 Å². The van der Waals surface area contributed by atoms with Crippen LogP contribution in [0.1, 0.15) is 12.0 Å². The Kier molecular flexibility index (Phi) is 3.88. The molecule has 0 saturated carbocycles. The molecule has 0 unspecified atom stereocenters. The Hall–Kier alpha value is -1.44. The van der Waals surface area contributed by atoms with Crippen molar-refractivity contribution in [3.63, 3.8) is 0 Å². The van der Waals surface area contributed by atoms with Gasteiger partial charge in [-0.3, -0.25) is 4.79 Å². The van der Waals surface area contributed by atoms with Gasteiger partial charge in [0.25, 0.3) is 0 Å². The molecule has 0 radical (unpaired) electrons. The minimum atomic E-state index is -3.63. The van der Waals surface area contributed by atoms with Crippen molar-refractivity contribution in [2.45, 2.75) is 17.6 Å². The number of carbonyl (C=O) groups is 1. The maximum absolute atomic E-state index is 12.0. The quantitative estimate of drug-likeness (QED) is 0.884. The van der Waals surface area contributed by atoms with Crippen LogP contribution in [-0.2, 0) is 14.8 Å². The van der Waals surface area contributed by atoms with Gasteiger partial charge in [0.2, 0.25) is 10.0 Å². The number of carboxylic acids is 1. The van der Waals surface area contributed by atoms with E-state index in [1.54, 1.807) is 6.07 Å². The largest absolute Gasteiger partial charge is 0.481 e. The molecule has 0 aliphatic rings. The summed E-state index contributed by atoms with van der Waals surface area (Å²) in [6.07, 6.45) is -0.233. The van der Waals surface area contributed by atoms with Gasteiger partial charge in [0, 0.05) is 11.2 Å². The second kappa shape index (κ2) is 5.28. The van der Waals surface area contributed by atoms with Crippen LogP contribution in [0.25, 0.3) is 10.1 Å². The molecule has 19 heavy (non-hydrogen) atoms. The van der Waals surface area contributed by atoms with E-state index in [9.17, 15) is 13.2 Å². The van der Waals surface area contributed by atoms with Gasteiger partial charge in [0.05, 0.1) is 6.42 Å². The van der Waals surface area contributed by atoms with Crippen LogP contribution >= 0.6 is 11.3 Å². The molecular formula is C12H13NO4S2. The Labute approximate surface area is 114 Å². The van der Waals surface area contributed by atoms with E-state index in [0.29, 0.717) is 0 Å². The molecule has 0 aliphatic heterocycles. The molecule has 2 N–H and O–H groups in total. The monoisotopic (exact) mass is 299 g/mol. The third-order valence-corrected chi connectivity index (χ3v) is 5.83. The molecule has 1 aromatic carbocycles. The van der Waals surface area contributed by atoms with Crippen molar-refractivity contribution in [1.82, 2.24) is 4.72 Å². The lowest BCUT2D eigenvalue weighted by molar-refractivity contribution is -0.136. The fourth-order valence-corrected chi connectivity index (χ4v) is 4.20. The summed E-state index contributed by atoms with van der Waals surface area (Å²) in [6, 6.07) is 7.26. The van der Waals surface area contributed by atoms with Crippen molar-refractivity contribution in [1.29, 1.82) is 0 Å². The van der Waals surface area contributed by atoms with E-state index in [-0.39, 0.29) is 17.2 Å². The number of nitrogens with one attached hydrogen (secondary N) is 1. The average Bonchev–Trinajstić information content (AvgIpc) is 2.74. The van der Waals surface area contributed by atoms with Crippen molar-refractivity contribution < 1.29 is 18.3 Å². The highest BCUT2D eigenvalue weighted by Gasteiger charge is 2.17. The van der Waals surface area contributed by atoms with E-state index >= 15 is 0 Å². The predicted molar refractivity (Wildman–Crippen MR) is 74.0 cm³/mol. The van der Waals surface area contributed by atoms with E-state index in [1.807, 2.05) is 25.1 Å². The topological polar surface area (TPSA) is 83.5 Å². The van der Waals surface area contributed by atoms with Crippen LogP contribution in [-0.4, -0.2) is 26.0 Å². The Morgan fingerprint density at radius 3 is 2.79 bits per heavy atom. The summed E-state index contributed by atoms with van der Waals surface area (Å²) in [5, 5.41) is 9.38. The predicted octanol–water partition coefficient (Wildman–Crippen LogP) is 1.96. The number of fused-ring (bicyclic) bond motifs is 1. The second-order valence-electron chi connectivity index (χ2n) is 4.10. The number of carboxylic acid groups (broad SMARTS) is 1. The number of thiophene rings is 1. The van der Waals surface area contributed by atoms with Gasteiger partial charge in [0.1, 0.15) is 4.21 Å². The summed E-state index contributed by atoms with van der Waals surface area (Å²) in [5.74, 6) is -1.03. The maximum Gasteiger partial charge on any atom is 0.304 e. The van der Waals surface area contributed by atoms with Crippen LogP contribution in [0, 0.1) is 6.92 Å². The van der Waals surface area contributed by atoms with Crippen molar-refractivity contribution in [2.24, 2.45) is 0 Å². The maximum atomic E-state index is 12.0. The second-order valence-corrected chi connectivity index (χ2v) is 7.15. The molecule has 0 fully saturated rings. The van der Waals surface area contributed by atoms with Gasteiger partial charge < -0.3 is 5.11 Å². The van der Waals surface area contributed by atoms with E-state index in [2.05, 4.69) is 4.72 Å². The van der Waals surface area contributed by atoms with Crippen LogP contribution in [0.15, 0.2) is 28.5 Å². The number of hydrogen-bond donors (Lipinski definition) is 2. The molecular weight excluding hydrogens is 286 g/mol. The Morgan fingerprint density at radius 1 is 1.42 bits per heavy atom. The first-order valence-corrected chi connectivity index (χ1v) is 7.91. The SMILES string of the molecule is Cc1cccc2cc(S(=O)(=O)NCCC(=O)O)sc12. The summed E-state index contributed by atoms with van der Waals surface area (Å²) in [6.45, 7) is 1.82. The van der Waals surface area contributed by atoms with E-state index in [1.165, 1.54) is 11.3 Å². The number of aryl methyl sites for hydroxylation is 1. The lowest BCUT2D eigenvalue weighted by Crippen LogP contribution is -2.25. The lowest BCUT2D eigenvalue weighted by Gasteiger charge is -2.01. The Balaban J connectivity index is 2.28. The Bertz CT molecular complexity index is 718. The molecule has 1 aromatic heterocycles. The highest BCUT2D eigenvalue weighted by molar-refractivity contribution is 7.91. The van der Waals surface area contributed by atoms with Crippen LogP contribution in [0.4, 0.5) is 0 Å². The normalized spacial score (nSPS) is 11.8. The molecule has 102 valence electrons. The van der Waals surface area contributed by atoms with Gasteiger partial charge in [-0.15, -0.1) is 11.3 Å². The van der Waals surface area contributed by atoms with Gasteiger partial charge in [-0.2, -0.15) is 0 Å². The molecule has 0 amide bonds. The van der Waals surface area contributed by atoms with E-state index in [4.69, 9.17) is 5.11 Å². The zero-order valence-electron chi connectivity index (χ0n) is 10.2. The lowest BCUT2D eigenvalue weighted by atomic mass is 10.2. The number of sulfonamides is 1. The van der Waals surface area contributed by atoms with Crippen molar-refractivity contribution in [2.75, 3.05) is 6.54 Å². The first-order valence-electron chi connectivity index (χ1n) is 5.61. The molecule has 2 aromatic rings. The van der Waals surface area contributed by atoms with Crippen LogP contribution in [0.5, 0.6) is 0 Å². The number of hydrogen-bond acceptors (Lipinski definition) is 4. The zero-order valence-corrected chi connectivity index (χ0v) is 11.8. The smallest absolute Gasteiger partial charge is 0.304 e. The summed E-state index contributed by atoms with van der Waals surface area (Å²) in [7, 11) is -3.63. The minimum absolute atomic E-state index is 0.106. The van der Waals surface area contributed by atoms with Crippen LogP contribution in [0.3, 0.4) is 0 Å². The summed E-state index contributed by atoms with van der Waals surface area (Å²) >= 11 is 1.19. The number of rotatable bonds is 5. The first kappa shape index (κ1) is 14.0. The fourth-order valence-electron chi connectivity index (χ4n) is 1.68. The zero-order chi connectivity index (χ0) is 14.0. The average molecular weight is 299 g/mol. The highest BCUT2D eigenvalue weighted by atomic mass is 32.2. The van der Waals surface area contributed by atoms with E-state index < -0.39 is 16.0 Å². The molecule has 1 heterocycles. The third-order valence-electron chi connectivity index (χ3n) is 2.61. The van der Waals surface area contributed by atoms with Crippen molar-refractivity contribution in [3.8, 4) is 0 Å². The summed E-state index contributed by atoms with van der Waals surface area (Å²) in [5.41, 5.74) is 1.02. The van der Waals surface area contributed by atoms with Gasteiger partial charge >= 0.3 is 5.97 Å². The fraction of sp³-hybridized carbons (Fsp3) is 0.250. The van der Waals surface area contributed by atoms with Crippen LogP contribution in [0.2, 0.25) is 0 Å². The minimum Gasteiger partial charge on any atom is -0.481 e. The first-order chi connectivity index (χ1) is 8.90. The van der Waals surface area contributed by atoms with E-state index in [0.717, 1.165) is 15.6 Å². The van der Waals surface area contributed by atoms with Crippen molar-refractivity contribution >= 4 is 37.4 Å². The molecule has 7 heteroatoms. The standard InChI is InChI=1S/C12H13NO4S2/c1-8-3-2-4-9-7-11(18-12(8)9)19(16,17)13-6-5-10(14)15/h2-4,7,13H,5-6H2,1H3,(H,14,15). The molecule has 0 saturated heterocycles. The molecule has 0 aliphatic carbocycles. The Morgan fingerprint density at radius 2 is 2.16 bits per heavy atom. The highest BCUT2D eigenvalue weighted by Crippen LogP contribution is 2.31. The van der Waals surface area contributed by atoms with Gasteiger partial charge in [-0.1, -0.05) is 18.2 Å². The van der Waals surface area contributed by atoms with Gasteiger partial charge in [-0.25, -0.2) is 13.1 Å². The summed E-state index contributed by atoms with van der Waals surface area (Å²) < 4.78 is 27.4. The molecule has 0 atom stereocenters. The summed E-state index contributed by atoms with van der Waals surface area (Å²) in [4.78, 5) is 10.4. The number of aliphatic carboxylic acids is 1. The number of benzene rings is 1. The van der Waals surface area contributed by atoms with Crippen LogP contribution < -0.4 is 4.72 Å².